The summed E-state index contributed by atoms with van der Waals surface area (Å²) < 4.78 is 30.9. The Morgan fingerprint density at radius 1 is 1.28 bits per heavy atom. The van der Waals surface area contributed by atoms with Crippen LogP contribution in [-0.4, -0.2) is 27.3 Å². The van der Waals surface area contributed by atoms with Gasteiger partial charge in [-0.05, 0) is 37.5 Å². The smallest absolute Gasteiger partial charge is 0.211 e. The van der Waals surface area contributed by atoms with Gasteiger partial charge in [-0.25, -0.2) is 13.1 Å². The second-order valence-corrected chi connectivity index (χ2v) is 6.19. The van der Waals surface area contributed by atoms with E-state index in [2.05, 4.69) is 4.72 Å². The monoisotopic (exact) mass is 271 g/mol. The summed E-state index contributed by atoms with van der Waals surface area (Å²) in [6.07, 6.45) is 0.618. The van der Waals surface area contributed by atoms with Gasteiger partial charge in [0.1, 0.15) is 12.4 Å². The van der Waals surface area contributed by atoms with Gasteiger partial charge in [-0.1, -0.05) is 19.1 Å². The van der Waals surface area contributed by atoms with Crippen LogP contribution < -0.4 is 9.46 Å². The van der Waals surface area contributed by atoms with Crippen molar-refractivity contribution in [3.8, 4) is 5.75 Å². The third-order valence-corrected chi connectivity index (χ3v) is 4.30. The van der Waals surface area contributed by atoms with Crippen LogP contribution in [0.2, 0.25) is 0 Å². The van der Waals surface area contributed by atoms with Gasteiger partial charge in [0, 0.05) is 6.54 Å². The summed E-state index contributed by atoms with van der Waals surface area (Å²) >= 11 is 0. The van der Waals surface area contributed by atoms with Crippen molar-refractivity contribution in [2.24, 2.45) is 0 Å². The Labute approximate surface area is 109 Å². The molecule has 0 unspecified atom stereocenters. The van der Waals surface area contributed by atoms with Crippen LogP contribution in [0.15, 0.2) is 18.2 Å². The van der Waals surface area contributed by atoms with E-state index in [4.69, 9.17) is 4.74 Å². The molecular formula is C13H21NO3S. The molecule has 0 atom stereocenters. The second-order valence-electron chi connectivity index (χ2n) is 4.26. The number of hydrogen-bond donors (Lipinski definition) is 1. The first-order valence-electron chi connectivity index (χ1n) is 6.12. The quantitative estimate of drug-likeness (QED) is 0.772. The van der Waals surface area contributed by atoms with E-state index in [1.54, 1.807) is 0 Å². The van der Waals surface area contributed by atoms with E-state index in [0.29, 0.717) is 19.6 Å². The molecule has 0 fully saturated rings. The van der Waals surface area contributed by atoms with E-state index >= 15 is 0 Å². The Balaban J connectivity index is 2.41. The number of benzene rings is 1. The van der Waals surface area contributed by atoms with Gasteiger partial charge in [0.15, 0.2) is 0 Å². The van der Waals surface area contributed by atoms with Crippen molar-refractivity contribution in [2.45, 2.75) is 27.2 Å². The van der Waals surface area contributed by atoms with E-state index < -0.39 is 10.0 Å². The van der Waals surface area contributed by atoms with Crippen LogP contribution in [0.3, 0.4) is 0 Å². The average Bonchev–Trinajstić information content (AvgIpc) is 2.29. The van der Waals surface area contributed by atoms with Gasteiger partial charge >= 0.3 is 0 Å². The normalized spacial score (nSPS) is 11.5. The first kappa shape index (κ1) is 15.0. The molecule has 5 heteroatoms. The van der Waals surface area contributed by atoms with Crippen LogP contribution in [-0.2, 0) is 10.0 Å². The molecule has 0 saturated heterocycles. The highest BCUT2D eigenvalue weighted by Gasteiger charge is 2.07. The molecule has 1 N–H and O–H groups in total. The first-order valence-corrected chi connectivity index (χ1v) is 7.78. The van der Waals surface area contributed by atoms with Crippen molar-refractivity contribution < 1.29 is 13.2 Å². The van der Waals surface area contributed by atoms with Gasteiger partial charge in [-0.3, -0.25) is 0 Å². The molecule has 0 aliphatic heterocycles. The Bertz CT molecular complexity index is 483. The maximum absolute atomic E-state index is 11.4. The first-order chi connectivity index (χ1) is 8.46. The van der Waals surface area contributed by atoms with E-state index in [1.165, 1.54) is 5.56 Å². The second kappa shape index (κ2) is 6.75. The lowest BCUT2D eigenvalue weighted by atomic mass is 10.1. The molecule has 4 nitrogen and oxygen atoms in total. The van der Waals surface area contributed by atoms with Gasteiger partial charge in [0.2, 0.25) is 10.0 Å². The molecule has 0 amide bonds. The molecular weight excluding hydrogens is 250 g/mol. The van der Waals surface area contributed by atoms with Gasteiger partial charge in [-0.2, -0.15) is 0 Å². The van der Waals surface area contributed by atoms with Gasteiger partial charge < -0.3 is 4.74 Å². The lowest BCUT2D eigenvalue weighted by Crippen LogP contribution is -2.30. The fraction of sp³-hybridized carbons (Fsp3) is 0.538. The summed E-state index contributed by atoms with van der Waals surface area (Å²) in [4.78, 5) is 0. The molecule has 0 aliphatic rings. The number of aryl methyl sites for hydroxylation is 1. The molecule has 0 radical (unpaired) electrons. The lowest BCUT2D eigenvalue weighted by Gasteiger charge is -2.11. The topological polar surface area (TPSA) is 55.4 Å². The summed E-state index contributed by atoms with van der Waals surface area (Å²) in [5.74, 6) is 0.973. The SMILES string of the molecule is CCCS(=O)(=O)NCCOc1cccc(C)c1C. The predicted molar refractivity (Wildman–Crippen MR) is 73.5 cm³/mol. The van der Waals surface area contributed by atoms with Crippen LogP contribution >= 0.6 is 0 Å². The highest BCUT2D eigenvalue weighted by Crippen LogP contribution is 2.20. The van der Waals surface area contributed by atoms with Crippen molar-refractivity contribution in [3.05, 3.63) is 29.3 Å². The van der Waals surface area contributed by atoms with Gasteiger partial charge in [-0.15, -0.1) is 0 Å². The molecule has 18 heavy (non-hydrogen) atoms. The van der Waals surface area contributed by atoms with E-state index in [-0.39, 0.29) is 5.75 Å². The minimum Gasteiger partial charge on any atom is -0.492 e. The van der Waals surface area contributed by atoms with Crippen LogP contribution in [0.25, 0.3) is 0 Å². The highest BCUT2D eigenvalue weighted by molar-refractivity contribution is 7.89. The molecule has 1 aromatic carbocycles. The summed E-state index contributed by atoms with van der Waals surface area (Å²) in [5.41, 5.74) is 2.26. The number of hydrogen-bond acceptors (Lipinski definition) is 3. The van der Waals surface area contributed by atoms with Crippen LogP contribution in [0.1, 0.15) is 24.5 Å². The summed E-state index contributed by atoms with van der Waals surface area (Å²) in [5, 5.41) is 0. The molecule has 102 valence electrons. The summed E-state index contributed by atoms with van der Waals surface area (Å²) in [7, 11) is -3.13. The van der Waals surface area contributed by atoms with Crippen molar-refractivity contribution >= 4 is 10.0 Å². The van der Waals surface area contributed by atoms with Crippen LogP contribution in [0, 0.1) is 13.8 Å². The maximum Gasteiger partial charge on any atom is 0.211 e. The van der Waals surface area contributed by atoms with Gasteiger partial charge in [0.25, 0.3) is 0 Å². The Hall–Kier alpha value is -1.07. The molecule has 0 saturated carbocycles. The number of ether oxygens (including phenoxy) is 1. The van der Waals surface area contributed by atoms with Gasteiger partial charge in [0.05, 0.1) is 5.75 Å². The fourth-order valence-corrected chi connectivity index (χ4v) is 2.66. The summed E-state index contributed by atoms with van der Waals surface area (Å²) in [6, 6.07) is 5.84. The van der Waals surface area contributed by atoms with Crippen molar-refractivity contribution in [1.82, 2.24) is 4.72 Å². The molecule has 1 aromatic rings. The molecule has 0 bridgehead atoms. The third kappa shape index (κ3) is 4.66. The summed E-state index contributed by atoms with van der Waals surface area (Å²) in [6.45, 7) is 6.49. The van der Waals surface area contributed by atoms with E-state index in [0.717, 1.165) is 11.3 Å². The number of sulfonamides is 1. The average molecular weight is 271 g/mol. The Morgan fingerprint density at radius 2 is 2.00 bits per heavy atom. The number of nitrogens with one attached hydrogen (secondary N) is 1. The van der Waals surface area contributed by atoms with Crippen LogP contribution in [0.4, 0.5) is 0 Å². The van der Waals surface area contributed by atoms with E-state index in [9.17, 15) is 8.42 Å². The highest BCUT2D eigenvalue weighted by atomic mass is 32.2. The molecule has 1 rings (SSSR count). The van der Waals surface area contributed by atoms with Crippen molar-refractivity contribution in [2.75, 3.05) is 18.9 Å². The zero-order chi connectivity index (χ0) is 13.6. The maximum atomic E-state index is 11.4. The molecule has 0 spiro atoms. The zero-order valence-corrected chi connectivity index (χ0v) is 12.0. The fourth-order valence-electron chi connectivity index (χ4n) is 1.58. The standard InChI is InChI=1S/C13H21NO3S/c1-4-10-18(15,16)14-8-9-17-13-7-5-6-11(2)12(13)3/h5-7,14H,4,8-10H2,1-3H3. The minimum atomic E-state index is -3.13. The third-order valence-electron chi connectivity index (χ3n) is 2.71. The molecule has 0 aromatic heterocycles. The Morgan fingerprint density at radius 3 is 2.67 bits per heavy atom. The molecule has 0 heterocycles. The largest absolute Gasteiger partial charge is 0.492 e. The van der Waals surface area contributed by atoms with Crippen LogP contribution in [0.5, 0.6) is 5.75 Å². The zero-order valence-electron chi connectivity index (χ0n) is 11.2. The minimum absolute atomic E-state index is 0.163. The predicted octanol–water partition coefficient (Wildman–Crippen LogP) is 2.01. The van der Waals surface area contributed by atoms with Crippen molar-refractivity contribution in [3.63, 3.8) is 0 Å². The number of rotatable bonds is 7. The van der Waals surface area contributed by atoms with E-state index in [1.807, 2.05) is 39.0 Å². The molecule has 0 aliphatic carbocycles. The van der Waals surface area contributed by atoms with Crippen molar-refractivity contribution in [1.29, 1.82) is 0 Å². The lowest BCUT2D eigenvalue weighted by molar-refractivity contribution is 0.320. The Kier molecular flexibility index (Phi) is 5.62.